The second-order valence-electron chi connectivity index (χ2n) is 5.56. The number of carbonyl (C=O) groups excluding carboxylic acids is 1. The first-order chi connectivity index (χ1) is 7.76. The molecule has 16 heavy (non-hydrogen) atoms. The molecule has 88 valence electrons. The summed E-state index contributed by atoms with van der Waals surface area (Å²) < 4.78 is 0. The number of halogens is 1. The SMILES string of the molecule is O=C1CC(CBr)CN1CC1CC2C=CC1C2. The van der Waals surface area contributed by atoms with Crippen LogP contribution in [0.1, 0.15) is 19.3 Å². The second kappa shape index (κ2) is 4.17. The van der Waals surface area contributed by atoms with Crippen molar-refractivity contribution < 1.29 is 4.79 Å². The van der Waals surface area contributed by atoms with Crippen LogP contribution in [0.15, 0.2) is 12.2 Å². The summed E-state index contributed by atoms with van der Waals surface area (Å²) in [7, 11) is 0. The second-order valence-corrected chi connectivity index (χ2v) is 6.21. The van der Waals surface area contributed by atoms with Gasteiger partial charge in [-0.3, -0.25) is 4.79 Å². The average molecular weight is 284 g/mol. The molecule has 1 amide bonds. The Kier molecular flexibility index (Phi) is 2.82. The van der Waals surface area contributed by atoms with E-state index in [2.05, 4.69) is 33.0 Å². The predicted octanol–water partition coefficient (Wildman–Crippen LogP) is 2.44. The van der Waals surface area contributed by atoms with Crippen LogP contribution in [-0.4, -0.2) is 29.2 Å². The largest absolute Gasteiger partial charge is 0.342 e. The topological polar surface area (TPSA) is 20.3 Å². The maximum Gasteiger partial charge on any atom is 0.222 e. The first-order valence-corrected chi connectivity index (χ1v) is 7.40. The molecule has 3 aliphatic rings. The fraction of sp³-hybridized carbons (Fsp3) is 0.769. The lowest BCUT2D eigenvalue weighted by Crippen LogP contribution is -2.32. The average Bonchev–Trinajstić information content (AvgIpc) is 2.95. The van der Waals surface area contributed by atoms with Crippen LogP contribution in [-0.2, 0) is 4.79 Å². The Hall–Kier alpha value is -0.310. The zero-order valence-electron chi connectivity index (χ0n) is 9.44. The molecule has 3 heteroatoms. The number of rotatable bonds is 3. The first kappa shape index (κ1) is 10.8. The first-order valence-electron chi connectivity index (χ1n) is 6.28. The predicted molar refractivity (Wildman–Crippen MR) is 67.3 cm³/mol. The molecule has 2 nitrogen and oxygen atoms in total. The van der Waals surface area contributed by atoms with E-state index in [1.807, 2.05) is 0 Å². The molecule has 0 spiro atoms. The molecule has 0 aromatic heterocycles. The van der Waals surface area contributed by atoms with Gasteiger partial charge in [-0.1, -0.05) is 28.1 Å². The molecule has 1 heterocycles. The number of hydrogen-bond donors (Lipinski definition) is 0. The molecule has 3 rings (SSSR count). The monoisotopic (exact) mass is 283 g/mol. The Balaban J connectivity index is 1.59. The van der Waals surface area contributed by atoms with Gasteiger partial charge in [0.2, 0.25) is 5.91 Å². The summed E-state index contributed by atoms with van der Waals surface area (Å²) in [5.41, 5.74) is 0. The summed E-state index contributed by atoms with van der Waals surface area (Å²) in [6.45, 7) is 1.98. The van der Waals surface area contributed by atoms with Crippen molar-refractivity contribution in [2.24, 2.45) is 23.7 Å². The van der Waals surface area contributed by atoms with Gasteiger partial charge in [0.05, 0.1) is 0 Å². The molecule has 1 saturated heterocycles. The van der Waals surface area contributed by atoms with Crippen LogP contribution < -0.4 is 0 Å². The molecule has 0 aromatic rings. The van der Waals surface area contributed by atoms with Crippen molar-refractivity contribution in [1.82, 2.24) is 4.90 Å². The van der Waals surface area contributed by atoms with Crippen LogP contribution in [0, 0.1) is 23.7 Å². The van der Waals surface area contributed by atoms with Crippen molar-refractivity contribution in [2.45, 2.75) is 19.3 Å². The third-order valence-electron chi connectivity index (χ3n) is 4.38. The lowest BCUT2D eigenvalue weighted by molar-refractivity contribution is -0.128. The van der Waals surface area contributed by atoms with Gasteiger partial charge in [-0.2, -0.15) is 0 Å². The molecule has 4 unspecified atom stereocenters. The van der Waals surface area contributed by atoms with Gasteiger partial charge in [0.1, 0.15) is 0 Å². The quantitative estimate of drug-likeness (QED) is 0.576. The van der Waals surface area contributed by atoms with Crippen molar-refractivity contribution >= 4 is 21.8 Å². The number of likely N-dealkylation sites (tertiary alicyclic amines) is 1. The highest BCUT2D eigenvalue weighted by molar-refractivity contribution is 9.09. The molecule has 4 atom stereocenters. The summed E-state index contributed by atoms with van der Waals surface area (Å²) in [6.07, 6.45) is 8.15. The van der Waals surface area contributed by atoms with Crippen molar-refractivity contribution in [3.8, 4) is 0 Å². The lowest BCUT2D eigenvalue weighted by atomic mass is 9.93. The van der Waals surface area contributed by atoms with E-state index in [1.54, 1.807) is 0 Å². The molecule has 2 bridgehead atoms. The van der Waals surface area contributed by atoms with Crippen LogP contribution in [0.3, 0.4) is 0 Å². The van der Waals surface area contributed by atoms with Gasteiger partial charge in [0, 0.05) is 24.8 Å². The highest BCUT2D eigenvalue weighted by atomic mass is 79.9. The smallest absolute Gasteiger partial charge is 0.222 e. The molecule has 0 radical (unpaired) electrons. The molecule has 0 aromatic carbocycles. The summed E-state index contributed by atoms with van der Waals surface area (Å²) in [6, 6.07) is 0. The molecule has 1 aliphatic heterocycles. The van der Waals surface area contributed by atoms with Gasteiger partial charge < -0.3 is 4.90 Å². The molecule has 2 fully saturated rings. The fourth-order valence-corrected chi connectivity index (χ4v) is 3.96. The minimum absolute atomic E-state index is 0.371. The van der Waals surface area contributed by atoms with Gasteiger partial charge in [0.15, 0.2) is 0 Å². The number of carbonyl (C=O) groups is 1. The van der Waals surface area contributed by atoms with Crippen LogP contribution >= 0.6 is 15.9 Å². The van der Waals surface area contributed by atoms with E-state index in [4.69, 9.17) is 0 Å². The van der Waals surface area contributed by atoms with Crippen LogP contribution in [0.4, 0.5) is 0 Å². The summed E-state index contributed by atoms with van der Waals surface area (Å²) in [5, 5.41) is 0.964. The zero-order chi connectivity index (χ0) is 11.1. The van der Waals surface area contributed by atoms with Crippen molar-refractivity contribution in [3.05, 3.63) is 12.2 Å². The van der Waals surface area contributed by atoms with Gasteiger partial charge in [0.25, 0.3) is 0 Å². The van der Waals surface area contributed by atoms with Crippen molar-refractivity contribution in [3.63, 3.8) is 0 Å². The van der Waals surface area contributed by atoms with Crippen molar-refractivity contribution in [2.75, 3.05) is 18.4 Å². The Morgan fingerprint density at radius 1 is 1.38 bits per heavy atom. The lowest BCUT2D eigenvalue weighted by Gasteiger charge is -2.25. The summed E-state index contributed by atoms with van der Waals surface area (Å²) in [5.74, 6) is 3.24. The highest BCUT2D eigenvalue weighted by Gasteiger charge is 2.38. The number of nitrogens with zero attached hydrogens (tertiary/aromatic N) is 1. The third kappa shape index (κ3) is 1.83. The number of fused-ring (bicyclic) bond motifs is 2. The number of allylic oxidation sites excluding steroid dienone is 2. The third-order valence-corrected chi connectivity index (χ3v) is 5.30. The van der Waals surface area contributed by atoms with Gasteiger partial charge in [-0.25, -0.2) is 0 Å². The van der Waals surface area contributed by atoms with Crippen LogP contribution in [0.25, 0.3) is 0 Å². The van der Waals surface area contributed by atoms with E-state index >= 15 is 0 Å². The molecular weight excluding hydrogens is 266 g/mol. The summed E-state index contributed by atoms with van der Waals surface area (Å²) >= 11 is 3.49. The van der Waals surface area contributed by atoms with E-state index in [-0.39, 0.29) is 0 Å². The van der Waals surface area contributed by atoms with Crippen LogP contribution in [0.5, 0.6) is 0 Å². The maximum atomic E-state index is 11.8. The normalized spacial score (nSPS) is 41.3. The van der Waals surface area contributed by atoms with E-state index in [0.717, 1.165) is 42.6 Å². The fourth-order valence-electron chi connectivity index (χ4n) is 3.52. The standard InChI is InChI=1S/C13H18BrNO/c14-6-10-5-13(16)15(7-10)8-12-4-9-1-2-11(12)3-9/h1-2,9-12H,3-8H2. The molecule has 2 aliphatic carbocycles. The van der Waals surface area contributed by atoms with E-state index in [9.17, 15) is 4.79 Å². The Morgan fingerprint density at radius 3 is 2.81 bits per heavy atom. The minimum atomic E-state index is 0.371. The number of amides is 1. The Labute approximate surface area is 105 Å². The van der Waals surface area contributed by atoms with Crippen LogP contribution in [0.2, 0.25) is 0 Å². The Bertz CT molecular complexity index is 328. The van der Waals surface area contributed by atoms with E-state index in [0.29, 0.717) is 11.8 Å². The molecule has 1 saturated carbocycles. The Morgan fingerprint density at radius 2 is 2.25 bits per heavy atom. The molecular formula is C13H18BrNO. The van der Waals surface area contributed by atoms with E-state index in [1.165, 1.54) is 12.8 Å². The number of alkyl halides is 1. The zero-order valence-corrected chi connectivity index (χ0v) is 11.0. The number of hydrogen-bond acceptors (Lipinski definition) is 1. The van der Waals surface area contributed by atoms with E-state index < -0.39 is 0 Å². The molecule has 0 N–H and O–H groups in total. The van der Waals surface area contributed by atoms with Crippen molar-refractivity contribution in [1.29, 1.82) is 0 Å². The summed E-state index contributed by atoms with van der Waals surface area (Å²) in [4.78, 5) is 13.9. The maximum absolute atomic E-state index is 11.8. The van der Waals surface area contributed by atoms with Gasteiger partial charge >= 0.3 is 0 Å². The minimum Gasteiger partial charge on any atom is -0.342 e. The highest BCUT2D eigenvalue weighted by Crippen LogP contribution is 2.44. The van der Waals surface area contributed by atoms with Gasteiger partial charge in [-0.15, -0.1) is 0 Å². The van der Waals surface area contributed by atoms with Gasteiger partial charge in [-0.05, 0) is 36.5 Å².